The van der Waals surface area contributed by atoms with Gasteiger partial charge in [-0.1, -0.05) is 20.4 Å². The van der Waals surface area contributed by atoms with E-state index in [0.29, 0.717) is 5.95 Å². The van der Waals surface area contributed by atoms with Crippen molar-refractivity contribution in [2.75, 3.05) is 12.4 Å². The summed E-state index contributed by atoms with van der Waals surface area (Å²) in [4.78, 5) is 13.4. The largest absolute Gasteiger partial charge is 0.356 e. The number of aromatic nitrogens is 4. The molecule has 0 saturated heterocycles. The van der Waals surface area contributed by atoms with Crippen LogP contribution >= 0.6 is 0 Å². The molecule has 25 heavy (non-hydrogen) atoms. The summed E-state index contributed by atoms with van der Waals surface area (Å²) in [7, 11) is 1.79. The average molecular weight is 338 g/mol. The van der Waals surface area contributed by atoms with Crippen LogP contribution in [0.4, 0.5) is 11.6 Å². The molecule has 0 aliphatic carbocycles. The van der Waals surface area contributed by atoms with Gasteiger partial charge in [0.25, 0.3) is 0 Å². The molecule has 6 nitrogen and oxygen atoms in total. The molecule has 0 aliphatic rings. The fourth-order valence-corrected chi connectivity index (χ4v) is 2.29. The summed E-state index contributed by atoms with van der Waals surface area (Å²) < 4.78 is 1.79. The Morgan fingerprint density at radius 2 is 2.08 bits per heavy atom. The van der Waals surface area contributed by atoms with Gasteiger partial charge in [0.15, 0.2) is 0 Å². The molecule has 0 aliphatic heterocycles. The molecule has 6 heteroatoms. The van der Waals surface area contributed by atoms with Gasteiger partial charge in [-0.15, -0.1) is 5.10 Å². The number of anilines is 1. The molecule has 0 aromatic carbocycles. The van der Waals surface area contributed by atoms with E-state index in [1.165, 1.54) is 0 Å². The van der Waals surface area contributed by atoms with Crippen LogP contribution in [0.5, 0.6) is 0 Å². The highest BCUT2D eigenvalue weighted by molar-refractivity contribution is 5.94. The first-order valence-electron chi connectivity index (χ1n) is 8.30. The van der Waals surface area contributed by atoms with Crippen LogP contribution in [0.3, 0.4) is 0 Å². The first-order chi connectivity index (χ1) is 12.1. The van der Waals surface area contributed by atoms with E-state index in [4.69, 9.17) is 0 Å². The van der Waals surface area contributed by atoms with Crippen LogP contribution in [0, 0.1) is 6.92 Å². The van der Waals surface area contributed by atoms with Crippen molar-refractivity contribution in [3.63, 3.8) is 0 Å². The lowest BCUT2D eigenvalue weighted by Crippen LogP contribution is -2.00. The van der Waals surface area contributed by atoms with Gasteiger partial charge in [0.05, 0.1) is 28.8 Å². The van der Waals surface area contributed by atoms with E-state index in [-0.39, 0.29) is 1.43 Å². The van der Waals surface area contributed by atoms with Crippen molar-refractivity contribution in [3.05, 3.63) is 48.9 Å². The van der Waals surface area contributed by atoms with Gasteiger partial charge >= 0.3 is 0 Å². The molecule has 0 radical (unpaired) electrons. The summed E-state index contributed by atoms with van der Waals surface area (Å²) in [6, 6.07) is 5.92. The summed E-state index contributed by atoms with van der Waals surface area (Å²) in [5.41, 5.74) is 5.37. The minimum atomic E-state index is 0. The van der Waals surface area contributed by atoms with Gasteiger partial charge in [-0.2, -0.15) is 0 Å². The number of aryl methyl sites for hydroxylation is 1. The molecule has 0 bridgehead atoms. The van der Waals surface area contributed by atoms with Crippen molar-refractivity contribution in [3.8, 4) is 11.3 Å². The van der Waals surface area contributed by atoms with Gasteiger partial charge in [-0.3, -0.25) is 9.98 Å². The minimum Gasteiger partial charge on any atom is -0.356 e. The van der Waals surface area contributed by atoms with Crippen LogP contribution in [0.1, 0.15) is 27.9 Å². The molecule has 1 N–H and O–H groups in total. The predicted octanol–water partition coefficient (Wildman–Crippen LogP) is 4.69. The second kappa shape index (κ2) is 8.19. The molecule has 132 valence electrons. The van der Waals surface area contributed by atoms with Crippen LogP contribution in [0.2, 0.25) is 0 Å². The monoisotopic (exact) mass is 338 g/mol. The van der Waals surface area contributed by atoms with Crippen molar-refractivity contribution in [1.82, 2.24) is 19.6 Å². The van der Waals surface area contributed by atoms with E-state index in [0.717, 1.165) is 33.9 Å². The minimum absolute atomic E-state index is 0. The maximum absolute atomic E-state index is 4.67. The second-order valence-electron chi connectivity index (χ2n) is 5.15. The Bertz CT molecular complexity index is 914. The highest BCUT2D eigenvalue weighted by atomic mass is 15.3. The van der Waals surface area contributed by atoms with Crippen molar-refractivity contribution < 1.29 is 1.43 Å². The standard InChI is InChI=1S/C17H18N6.C2H6.H2/c1-5-11(2)20-14-6-7-15(21-12(14)3)13-8-9-23-16(13)10-19-17(18-4)22-23;1-2;/h5-10H,1H2,2-4H3,(H,18,22);1-2H3;1H. The number of rotatable bonds is 4. The molecule has 0 atom stereocenters. The summed E-state index contributed by atoms with van der Waals surface area (Å²) in [5, 5.41) is 7.29. The Balaban J connectivity index is 0.00000109. The Labute approximate surface area is 149 Å². The number of hydrogen-bond donors (Lipinski definition) is 1. The summed E-state index contributed by atoms with van der Waals surface area (Å²) in [6.45, 7) is 11.6. The fourth-order valence-electron chi connectivity index (χ4n) is 2.29. The maximum Gasteiger partial charge on any atom is 0.240 e. The molecular weight excluding hydrogens is 312 g/mol. The molecule has 0 fully saturated rings. The van der Waals surface area contributed by atoms with Crippen LogP contribution in [-0.4, -0.2) is 32.3 Å². The zero-order chi connectivity index (χ0) is 18.4. The third-order valence-corrected chi connectivity index (χ3v) is 3.57. The van der Waals surface area contributed by atoms with Crippen LogP contribution in [0.15, 0.2) is 48.2 Å². The highest BCUT2D eigenvalue weighted by Gasteiger charge is 2.10. The third-order valence-electron chi connectivity index (χ3n) is 3.57. The number of nitrogens with zero attached hydrogens (tertiary/aromatic N) is 5. The molecule has 0 saturated carbocycles. The van der Waals surface area contributed by atoms with Crippen LogP contribution < -0.4 is 5.32 Å². The topological polar surface area (TPSA) is 67.5 Å². The molecule has 3 rings (SSSR count). The number of fused-ring (bicyclic) bond motifs is 1. The molecule has 3 aromatic rings. The first-order valence-corrected chi connectivity index (χ1v) is 8.30. The van der Waals surface area contributed by atoms with E-state index in [9.17, 15) is 0 Å². The van der Waals surface area contributed by atoms with E-state index in [1.54, 1.807) is 23.8 Å². The molecule has 0 unspecified atom stereocenters. The normalized spacial score (nSPS) is 11.0. The lowest BCUT2D eigenvalue weighted by Gasteiger charge is -2.05. The van der Waals surface area contributed by atoms with Gasteiger partial charge in [0.2, 0.25) is 5.95 Å². The third kappa shape index (κ3) is 3.91. The molecule has 0 spiro atoms. The molecule has 3 heterocycles. The highest BCUT2D eigenvalue weighted by Crippen LogP contribution is 2.27. The quantitative estimate of drug-likeness (QED) is 0.701. The number of allylic oxidation sites excluding steroid dienone is 1. The Kier molecular flexibility index (Phi) is 6.00. The zero-order valence-electron chi connectivity index (χ0n) is 15.4. The number of nitrogens with one attached hydrogen (secondary N) is 1. The van der Waals surface area contributed by atoms with Crippen molar-refractivity contribution in [2.45, 2.75) is 27.7 Å². The average Bonchev–Trinajstić information content (AvgIpc) is 3.07. The molecular formula is C19H26N6. The van der Waals surface area contributed by atoms with E-state index >= 15 is 0 Å². The first kappa shape index (κ1) is 18.3. The lowest BCUT2D eigenvalue weighted by atomic mass is 10.1. The number of pyridine rings is 1. The zero-order valence-corrected chi connectivity index (χ0v) is 15.4. The van der Waals surface area contributed by atoms with Crippen molar-refractivity contribution in [1.29, 1.82) is 0 Å². The fraction of sp³-hybridized carbons (Fsp3) is 0.263. The summed E-state index contributed by atoms with van der Waals surface area (Å²) in [5.74, 6) is 0.577. The summed E-state index contributed by atoms with van der Waals surface area (Å²) >= 11 is 0. The Morgan fingerprint density at radius 1 is 1.32 bits per heavy atom. The second-order valence-corrected chi connectivity index (χ2v) is 5.15. The number of aliphatic imine (C=N–C) groups is 1. The van der Waals surface area contributed by atoms with E-state index in [2.05, 4.69) is 32.0 Å². The van der Waals surface area contributed by atoms with E-state index in [1.807, 2.05) is 52.1 Å². The maximum atomic E-state index is 4.67. The molecule has 0 amide bonds. The van der Waals surface area contributed by atoms with Crippen LogP contribution in [0.25, 0.3) is 16.8 Å². The van der Waals surface area contributed by atoms with Gasteiger partial charge < -0.3 is 5.32 Å². The SMILES string of the molecule is C=CC(C)=Nc1ccc(-c2ccn3nc(NC)ncc23)nc1C.CC.[HH]. The van der Waals surface area contributed by atoms with Gasteiger partial charge in [-0.05, 0) is 38.1 Å². The lowest BCUT2D eigenvalue weighted by molar-refractivity contribution is 0.909. The predicted molar refractivity (Wildman–Crippen MR) is 107 cm³/mol. The van der Waals surface area contributed by atoms with Gasteiger partial charge in [0, 0.05) is 25.9 Å². The Morgan fingerprint density at radius 3 is 2.72 bits per heavy atom. The molecule has 3 aromatic heterocycles. The van der Waals surface area contributed by atoms with Crippen molar-refractivity contribution in [2.24, 2.45) is 4.99 Å². The van der Waals surface area contributed by atoms with Crippen LogP contribution in [-0.2, 0) is 0 Å². The number of hydrogen-bond acceptors (Lipinski definition) is 5. The summed E-state index contributed by atoms with van der Waals surface area (Å²) in [6.07, 6.45) is 5.42. The van der Waals surface area contributed by atoms with Gasteiger partial charge in [-0.25, -0.2) is 9.50 Å². The Hall–Kier alpha value is -3.02. The smallest absolute Gasteiger partial charge is 0.240 e. The van der Waals surface area contributed by atoms with Gasteiger partial charge in [0.1, 0.15) is 0 Å². The van der Waals surface area contributed by atoms with E-state index < -0.39 is 0 Å². The van der Waals surface area contributed by atoms with Crippen molar-refractivity contribution >= 4 is 22.9 Å².